The van der Waals surface area contributed by atoms with E-state index in [9.17, 15) is 13.9 Å². The van der Waals surface area contributed by atoms with Crippen molar-refractivity contribution in [3.8, 4) is 0 Å². The van der Waals surface area contributed by atoms with Gasteiger partial charge >= 0.3 is 0 Å². The molecule has 21 heavy (non-hydrogen) atoms. The van der Waals surface area contributed by atoms with Gasteiger partial charge in [0.1, 0.15) is 11.6 Å². The molecule has 0 saturated carbocycles. The molecule has 0 amide bonds. The number of likely N-dealkylation sites (tertiary alicyclic amines) is 1. The second-order valence-corrected chi connectivity index (χ2v) is 5.80. The van der Waals surface area contributed by atoms with E-state index in [1.807, 2.05) is 6.92 Å². The van der Waals surface area contributed by atoms with Crippen molar-refractivity contribution in [3.63, 3.8) is 0 Å². The highest BCUT2D eigenvalue weighted by Crippen LogP contribution is 2.16. The molecule has 1 atom stereocenters. The summed E-state index contributed by atoms with van der Waals surface area (Å²) >= 11 is 0. The van der Waals surface area contributed by atoms with Crippen LogP contribution in [0.25, 0.3) is 0 Å². The van der Waals surface area contributed by atoms with Gasteiger partial charge in [0.2, 0.25) is 0 Å². The predicted molar refractivity (Wildman–Crippen MR) is 79.1 cm³/mol. The summed E-state index contributed by atoms with van der Waals surface area (Å²) in [7, 11) is 0. The number of hydrogen-bond acceptors (Lipinski definition) is 3. The van der Waals surface area contributed by atoms with Crippen LogP contribution in [0.1, 0.15) is 37.8 Å². The lowest BCUT2D eigenvalue weighted by Crippen LogP contribution is -2.37. The number of nitrogens with zero attached hydrogens (tertiary/aromatic N) is 1. The van der Waals surface area contributed by atoms with Gasteiger partial charge in [-0.25, -0.2) is 8.78 Å². The summed E-state index contributed by atoms with van der Waals surface area (Å²) in [5, 5.41) is 12.7. The Labute approximate surface area is 125 Å². The third kappa shape index (κ3) is 5.34. The van der Waals surface area contributed by atoms with Crippen LogP contribution >= 0.6 is 0 Å². The first kappa shape index (κ1) is 16.3. The standard InChI is InChI=1S/C16H24F2N2O/c1-12(13-9-14(17)11-15(18)10-13)19-5-2-6-20-7-3-16(21)4-8-20/h9-12,16,19,21H,2-8H2,1H3. The van der Waals surface area contributed by atoms with Gasteiger partial charge in [0.15, 0.2) is 0 Å². The first-order valence-corrected chi connectivity index (χ1v) is 7.64. The van der Waals surface area contributed by atoms with E-state index in [-0.39, 0.29) is 12.1 Å². The molecule has 0 aliphatic carbocycles. The van der Waals surface area contributed by atoms with E-state index < -0.39 is 11.6 Å². The molecule has 0 bridgehead atoms. The maximum atomic E-state index is 13.2. The predicted octanol–water partition coefficient (Wildman–Crippen LogP) is 2.46. The van der Waals surface area contributed by atoms with Gasteiger partial charge in [-0.3, -0.25) is 0 Å². The van der Waals surface area contributed by atoms with Crippen molar-refractivity contribution in [2.75, 3.05) is 26.2 Å². The Morgan fingerprint density at radius 1 is 1.24 bits per heavy atom. The SMILES string of the molecule is CC(NCCCN1CCC(O)CC1)c1cc(F)cc(F)c1. The molecule has 1 unspecified atom stereocenters. The van der Waals surface area contributed by atoms with E-state index in [0.29, 0.717) is 5.56 Å². The van der Waals surface area contributed by atoms with Gasteiger partial charge in [0, 0.05) is 25.2 Å². The number of halogens is 2. The van der Waals surface area contributed by atoms with Crippen LogP contribution in [0, 0.1) is 11.6 Å². The van der Waals surface area contributed by atoms with Crippen molar-refractivity contribution in [1.29, 1.82) is 0 Å². The Bertz CT molecular complexity index is 428. The van der Waals surface area contributed by atoms with Crippen molar-refractivity contribution in [2.45, 2.75) is 38.3 Å². The maximum absolute atomic E-state index is 13.2. The van der Waals surface area contributed by atoms with Gasteiger partial charge < -0.3 is 15.3 Å². The largest absolute Gasteiger partial charge is 0.393 e. The average molecular weight is 298 g/mol. The van der Waals surface area contributed by atoms with Crippen molar-refractivity contribution in [1.82, 2.24) is 10.2 Å². The zero-order valence-electron chi connectivity index (χ0n) is 12.5. The minimum absolute atomic E-state index is 0.0709. The zero-order valence-corrected chi connectivity index (χ0v) is 12.5. The fourth-order valence-electron chi connectivity index (χ4n) is 2.71. The highest BCUT2D eigenvalue weighted by Gasteiger charge is 2.16. The number of aliphatic hydroxyl groups is 1. The Balaban J connectivity index is 1.68. The lowest BCUT2D eigenvalue weighted by Gasteiger charge is -2.29. The summed E-state index contributed by atoms with van der Waals surface area (Å²) in [4.78, 5) is 2.35. The number of nitrogens with one attached hydrogen (secondary N) is 1. The second kappa shape index (κ2) is 7.82. The third-order valence-corrected chi connectivity index (χ3v) is 4.04. The van der Waals surface area contributed by atoms with E-state index in [2.05, 4.69) is 10.2 Å². The number of rotatable bonds is 6. The summed E-state index contributed by atoms with van der Waals surface area (Å²) in [5.74, 6) is -1.07. The summed E-state index contributed by atoms with van der Waals surface area (Å²) < 4.78 is 26.3. The van der Waals surface area contributed by atoms with Crippen LogP contribution in [0.15, 0.2) is 18.2 Å². The van der Waals surface area contributed by atoms with Crippen molar-refractivity contribution < 1.29 is 13.9 Å². The molecule has 5 heteroatoms. The van der Waals surface area contributed by atoms with E-state index in [0.717, 1.165) is 51.5 Å². The lowest BCUT2D eigenvalue weighted by atomic mass is 10.1. The molecule has 1 aliphatic rings. The summed E-state index contributed by atoms with van der Waals surface area (Å²) in [6.45, 7) is 5.60. The second-order valence-electron chi connectivity index (χ2n) is 5.80. The molecule has 1 aromatic rings. The number of aliphatic hydroxyl groups excluding tert-OH is 1. The van der Waals surface area contributed by atoms with Crippen LogP contribution in [0.2, 0.25) is 0 Å². The van der Waals surface area contributed by atoms with Crippen LogP contribution in [-0.4, -0.2) is 42.3 Å². The molecule has 2 rings (SSSR count). The van der Waals surface area contributed by atoms with Gasteiger partial charge in [0.05, 0.1) is 6.10 Å². The van der Waals surface area contributed by atoms with Gasteiger partial charge in [-0.15, -0.1) is 0 Å². The van der Waals surface area contributed by atoms with Crippen molar-refractivity contribution in [3.05, 3.63) is 35.4 Å². The quantitative estimate of drug-likeness (QED) is 0.792. The van der Waals surface area contributed by atoms with Gasteiger partial charge in [-0.05, 0) is 57.0 Å². The molecular formula is C16H24F2N2O. The van der Waals surface area contributed by atoms with Gasteiger partial charge in [0.25, 0.3) is 0 Å². The van der Waals surface area contributed by atoms with E-state index in [4.69, 9.17) is 0 Å². The Morgan fingerprint density at radius 2 is 1.86 bits per heavy atom. The van der Waals surface area contributed by atoms with Crippen LogP contribution < -0.4 is 5.32 Å². The molecule has 1 fully saturated rings. The highest BCUT2D eigenvalue weighted by molar-refractivity contribution is 5.20. The van der Waals surface area contributed by atoms with E-state index in [1.54, 1.807) is 0 Å². The van der Waals surface area contributed by atoms with E-state index >= 15 is 0 Å². The fraction of sp³-hybridized carbons (Fsp3) is 0.625. The molecule has 1 aliphatic heterocycles. The first-order valence-electron chi connectivity index (χ1n) is 7.64. The zero-order chi connectivity index (χ0) is 15.2. The number of hydrogen-bond donors (Lipinski definition) is 2. The summed E-state index contributed by atoms with van der Waals surface area (Å²) in [6, 6.07) is 3.55. The molecule has 2 N–H and O–H groups in total. The molecule has 3 nitrogen and oxygen atoms in total. The molecule has 1 aromatic carbocycles. The molecule has 0 radical (unpaired) electrons. The number of benzene rings is 1. The van der Waals surface area contributed by atoms with Crippen LogP contribution in [0.5, 0.6) is 0 Å². The summed E-state index contributed by atoms with van der Waals surface area (Å²) in [5.41, 5.74) is 0.633. The Morgan fingerprint density at radius 3 is 2.48 bits per heavy atom. The topological polar surface area (TPSA) is 35.5 Å². The minimum atomic E-state index is -0.537. The average Bonchev–Trinajstić information content (AvgIpc) is 2.44. The van der Waals surface area contributed by atoms with Crippen LogP contribution in [0.3, 0.4) is 0 Å². The van der Waals surface area contributed by atoms with Crippen LogP contribution in [0.4, 0.5) is 8.78 Å². The molecular weight excluding hydrogens is 274 g/mol. The van der Waals surface area contributed by atoms with Gasteiger partial charge in [-0.1, -0.05) is 0 Å². The van der Waals surface area contributed by atoms with Crippen LogP contribution in [-0.2, 0) is 0 Å². The highest BCUT2D eigenvalue weighted by atomic mass is 19.1. The summed E-state index contributed by atoms with van der Waals surface area (Å²) in [6.07, 6.45) is 2.55. The molecule has 1 heterocycles. The lowest BCUT2D eigenvalue weighted by molar-refractivity contribution is 0.0820. The molecule has 0 spiro atoms. The normalized spacial score (nSPS) is 18.9. The maximum Gasteiger partial charge on any atom is 0.126 e. The minimum Gasteiger partial charge on any atom is -0.393 e. The third-order valence-electron chi connectivity index (χ3n) is 4.04. The molecule has 0 aromatic heterocycles. The van der Waals surface area contributed by atoms with Crippen molar-refractivity contribution in [2.24, 2.45) is 0 Å². The van der Waals surface area contributed by atoms with E-state index in [1.165, 1.54) is 12.1 Å². The van der Waals surface area contributed by atoms with Gasteiger partial charge in [-0.2, -0.15) is 0 Å². The monoisotopic (exact) mass is 298 g/mol. The van der Waals surface area contributed by atoms with Crippen molar-refractivity contribution >= 4 is 0 Å². The fourth-order valence-corrected chi connectivity index (χ4v) is 2.71. The molecule has 118 valence electrons. The number of piperidine rings is 1. The molecule has 1 saturated heterocycles. The Hall–Kier alpha value is -1.04. The Kier molecular flexibility index (Phi) is 6.08. The first-order chi connectivity index (χ1) is 10.0. The smallest absolute Gasteiger partial charge is 0.126 e.